The van der Waals surface area contributed by atoms with Crippen LogP contribution in [0.4, 0.5) is 24.5 Å². The number of alkyl halides is 3. The van der Waals surface area contributed by atoms with Gasteiger partial charge in [-0.05, 0) is 48.0 Å². The van der Waals surface area contributed by atoms with E-state index in [4.69, 9.17) is 9.47 Å². The first-order valence-electron chi connectivity index (χ1n) is 10.6. The van der Waals surface area contributed by atoms with E-state index in [2.05, 4.69) is 21.2 Å². The molecule has 0 unspecified atom stereocenters. The van der Waals surface area contributed by atoms with Gasteiger partial charge in [0.1, 0.15) is 11.5 Å². The minimum absolute atomic E-state index is 0.0187. The third kappa shape index (κ3) is 8.09. The first-order chi connectivity index (χ1) is 17.7. The van der Waals surface area contributed by atoms with Crippen molar-refractivity contribution in [3.05, 3.63) is 83.9 Å². The maximum absolute atomic E-state index is 12.8. The number of hydrogen-bond acceptors (Lipinski definition) is 6. The Morgan fingerprint density at radius 1 is 0.919 bits per heavy atom. The van der Waals surface area contributed by atoms with E-state index in [1.807, 2.05) is 0 Å². The van der Waals surface area contributed by atoms with Crippen molar-refractivity contribution >= 4 is 35.3 Å². The lowest BCUT2D eigenvalue weighted by molar-refractivity contribution is -0.137. The van der Waals surface area contributed by atoms with Gasteiger partial charge in [0.15, 0.2) is 6.61 Å². The van der Waals surface area contributed by atoms with Crippen molar-refractivity contribution in [2.24, 2.45) is 5.10 Å². The van der Waals surface area contributed by atoms with Crippen LogP contribution in [-0.4, -0.2) is 37.7 Å². The molecule has 192 valence electrons. The molecule has 0 spiro atoms. The van der Waals surface area contributed by atoms with Crippen LogP contribution in [0.25, 0.3) is 0 Å². The number of carbonyl (C=O) groups is 3. The Labute approximate surface area is 209 Å². The van der Waals surface area contributed by atoms with Crippen molar-refractivity contribution in [1.82, 2.24) is 5.43 Å². The first-order valence-corrected chi connectivity index (χ1v) is 10.6. The number of rotatable bonds is 8. The Morgan fingerprint density at radius 3 is 2.43 bits per heavy atom. The smallest absolute Gasteiger partial charge is 0.416 e. The second-order valence-electron chi connectivity index (χ2n) is 7.34. The predicted octanol–water partition coefficient (Wildman–Crippen LogP) is 3.82. The molecule has 37 heavy (non-hydrogen) atoms. The Morgan fingerprint density at radius 2 is 1.68 bits per heavy atom. The van der Waals surface area contributed by atoms with Gasteiger partial charge < -0.3 is 20.1 Å². The van der Waals surface area contributed by atoms with Crippen molar-refractivity contribution in [3.63, 3.8) is 0 Å². The molecule has 0 aliphatic carbocycles. The SMILES string of the molecule is COc1ccccc1NC(=O)C(=O)N/N=C\c1cccc(OCC(=O)Nc2cccc(C(F)(F)F)c2)c1. The van der Waals surface area contributed by atoms with Crippen molar-refractivity contribution in [2.45, 2.75) is 6.18 Å². The van der Waals surface area contributed by atoms with Crippen molar-refractivity contribution in [3.8, 4) is 11.5 Å². The highest BCUT2D eigenvalue weighted by molar-refractivity contribution is 6.39. The van der Waals surface area contributed by atoms with E-state index >= 15 is 0 Å². The molecule has 9 nitrogen and oxygen atoms in total. The Kier molecular flexibility index (Phi) is 8.81. The minimum atomic E-state index is -4.53. The molecule has 3 aromatic carbocycles. The molecule has 0 heterocycles. The van der Waals surface area contributed by atoms with Crippen LogP contribution in [0.1, 0.15) is 11.1 Å². The summed E-state index contributed by atoms with van der Waals surface area (Å²) in [5.41, 5.74) is 1.98. The van der Waals surface area contributed by atoms with Gasteiger partial charge in [-0.1, -0.05) is 30.3 Å². The predicted molar refractivity (Wildman–Crippen MR) is 129 cm³/mol. The van der Waals surface area contributed by atoms with Crippen LogP contribution >= 0.6 is 0 Å². The zero-order valence-corrected chi connectivity index (χ0v) is 19.3. The molecule has 3 amide bonds. The second-order valence-corrected chi connectivity index (χ2v) is 7.34. The maximum Gasteiger partial charge on any atom is 0.416 e. The summed E-state index contributed by atoms with van der Waals surface area (Å²) < 4.78 is 48.9. The molecule has 0 aliphatic heterocycles. The first kappa shape index (κ1) is 26.7. The topological polar surface area (TPSA) is 118 Å². The summed E-state index contributed by atoms with van der Waals surface area (Å²) in [4.78, 5) is 36.1. The average Bonchev–Trinajstić information content (AvgIpc) is 2.87. The number of benzene rings is 3. The van der Waals surface area contributed by atoms with E-state index in [1.54, 1.807) is 42.5 Å². The molecule has 0 radical (unpaired) electrons. The lowest BCUT2D eigenvalue weighted by Crippen LogP contribution is -2.32. The molecule has 0 aromatic heterocycles. The van der Waals surface area contributed by atoms with Gasteiger partial charge in [-0.2, -0.15) is 18.3 Å². The van der Waals surface area contributed by atoms with Gasteiger partial charge >= 0.3 is 18.0 Å². The number of methoxy groups -OCH3 is 1. The summed E-state index contributed by atoms with van der Waals surface area (Å²) >= 11 is 0. The molecule has 3 rings (SSSR count). The largest absolute Gasteiger partial charge is 0.495 e. The molecule has 3 N–H and O–H groups in total. The van der Waals surface area contributed by atoms with Crippen LogP contribution in [-0.2, 0) is 20.6 Å². The Balaban J connectivity index is 1.50. The summed E-state index contributed by atoms with van der Waals surface area (Å²) in [6.45, 7) is -0.462. The monoisotopic (exact) mass is 514 g/mol. The third-order valence-electron chi connectivity index (χ3n) is 4.64. The van der Waals surface area contributed by atoms with Crippen LogP contribution in [0, 0.1) is 0 Å². The number of ether oxygens (including phenoxy) is 2. The van der Waals surface area contributed by atoms with Crippen LogP contribution in [0.5, 0.6) is 11.5 Å². The van der Waals surface area contributed by atoms with Crippen LogP contribution in [0.15, 0.2) is 77.9 Å². The quantitative estimate of drug-likeness (QED) is 0.240. The summed E-state index contributed by atoms with van der Waals surface area (Å²) in [5, 5.41) is 8.47. The highest BCUT2D eigenvalue weighted by Crippen LogP contribution is 2.30. The van der Waals surface area contributed by atoms with Gasteiger partial charge in [0, 0.05) is 5.69 Å². The molecular formula is C25H21F3N4O5. The van der Waals surface area contributed by atoms with Crippen molar-refractivity contribution < 1.29 is 37.0 Å². The summed E-state index contributed by atoms with van der Waals surface area (Å²) in [6, 6.07) is 17.1. The number of halogens is 3. The molecule has 0 saturated carbocycles. The van der Waals surface area contributed by atoms with E-state index in [1.165, 1.54) is 31.5 Å². The Hall–Kier alpha value is -4.87. The number of nitrogens with one attached hydrogen (secondary N) is 3. The second kappa shape index (κ2) is 12.2. The van der Waals surface area contributed by atoms with Gasteiger partial charge in [0.05, 0.1) is 24.6 Å². The highest BCUT2D eigenvalue weighted by Gasteiger charge is 2.30. The van der Waals surface area contributed by atoms with Gasteiger partial charge in [0.2, 0.25) is 0 Å². The van der Waals surface area contributed by atoms with Gasteiger partial charge in [-0.15, -0.1) is 0 Å². The lowest BCUT2D eigenvalue weighted by atomic mass is 10.2. The third-order valence-corrected chi connectivity index (χ3v) is 4.64. The minimum Gasteiger partial charge on any atom is -0.495 e. The standard InChI is InChI=1S/C25H21F3N4O5/c1-36-21-11-3-2-10-20(21)31-23(34)24(35)32-29-14-16-6-4-9-19(12-16)37-15-22(33)30-18-8-5-7-17(13-18)25(26,27)28/h2-14H,15H2,1H3,(H,30,33)(H,31,34)(H,32,35)/b29-14-. The van der Waals surface area contributed by atoms with E-state index in [9.17, 15) is 27.6 Å². The zero-order chi connectivity index (χ0) is 26.8. The van der Waals surface area contributed by atoms with Crippen molar-refractivity contribution in [2.75, 3.05) is 24.4 Å². The fourth-order valence-corrected chi connectivity index (χ4v) is 2.95. The summed E-state index contributed by atoms with van der Waals surface area (Å²) in [7, 11) is 1.43. The fourth-order valence-electron chi connectivity index (χ4n) is 2.95. The van der Waals surface area contributed by atoms with E-state index < -0.39 is 36.1 Å². The number of carbonyl (C=O) groups excluding carboxylic acids is 3. The highest BCUT2D eigenvalue weighted by atomic mass is 19.4. The number of anilines is 2. The molecule has 0 fully saturated rings. The normalized spacial score (nSPS) is 11.0. The Bertz CT molecular complexity index is 1310. The zero-order valence-electron chi connectivity index (χ0n) is 19.3. The lowest BCUT2D eigenvalue weighted by Gasteiger charge is -2.10. The number of nitrogens with zero attached hydrogens (tertiary/aromatic N) is 1. The maximum atomic E-state index is 12.8. The molecular weight excluding hydrogens is 493 g/mol. The summed E-state index contributed by atoms with van der Waals surface area (Å²) in [6.07, 6.45) is -3.28. The van der Waals surface area contributed by atoms with E-state index in [-0.39, 0.29) is 11.4 Å². The molecule has 12 heteroatoms. The molecule has 0 bridgehead atoms. The van der Waals surface area contributed by atoms with E-state index in [0.29, 0.717) is 17.0 Å². The number of para-hydroxylation sites is 2. The summed E-state index contributed by atoms with van der Waals surface area (Å²) in [5.74, 6) is -1.98. The van der Waals surface area contributed by atoms with Gasteiger partial charge in [0.25, 0.3) is 5.91 Å². The van der Waals surface area contributed by atoms with Crippen molar-refractivity contribution in [1.29, 1.82) is 0 Å². The van der Waals surface area contributed by atoms with Crippen LogP contribution in [0.3, 0.4) is 0 Å². The molecule has 3 aromatic rings. The van der Waals surface area contributed by atoms with Gasteiger partial charge in [-0.25, -0.2) is 5.43 Å². The van der Waals surface area contributed by atoms with Gasteiger partial charge in [-0.3, -0.25) is 14.4 Å². The van der Waals surface area contributed by atoms with E-state index in [0.717, 1.165) is 12.1 Å². The van der Waals surface area contributed by atoms with Crippen LogP contribution < -0.4 is 25.5 Å². The molecule has 0 atom stereocenters. The number of hydrazone groups is 1. The molecule has 0 aliphatic rings. The average molecular weight is 514 g/mol. The number of hydrogen-bond donors (Lipinski definition) is 3. The molecule has 0 saturated heterocycles. The van der Waals surface area contributed by atoms with Crippen LogP contribution in [0.2, 0.25) is 0 Å². The number of amides is 3. The fraction of sp³-hybridized carbons (Fsp3) is 0.120.